The maximum atomic E-state index is 15.0. The van der Waals surface area contributed by atoms with E-state index in [4.69, 9.17) is 9.72 Å². The highest BCUT2D eigenvalue weighted by atomic mass is 19.1. The third kappa shape index (κ3) is 3.07. The lowest BCUT2D eigenvalue weighted by molar-refractivity contribution is -0.172. The first-order valence-corrected chi connectivity index (χ1v) is 13.4. The molecule has 202 valence electrons. The molecule has 0 spiro atoms. The highest BCUT2D eigenvalue weighted by Gasteiger charge is 2.46. The van der Waals surface area contributed by atoms with Gasteiger partial charge in [0.1, 0.15) is 12.4 Å². The summed E-state index contributed by atoms with van der Waals surface area (Å²) in [4.78, 5) is 46.6. The van der Waals surface area contributed by atoms with Crippen LogP contribution in [0.15, 0.2) is 16.9 Å². The van der Waals surface area contributed by atoms with Crippen molar-refractivity contribution in [2.75, 3.05) is 13.2 Å². The second kappa shape index (κ2) is 8.19. The zero-order chi connectivity index (χ0) is 27.4. The highest BCUT2D eigenvalue weighted by molar-refractivity contribution is 5.98. The zero-order valence-corrected chi connectivity index (χ0v) is 21.7. The van der Waals surface area contributed by atoms with Crippen molar-refractivity contribution in [3.8, 4) is 11.4 Å². The van der Waals surface area contributed by atoms with E-state index < -0.39 is 17.5 Å². The number of aliphatic hydroxyl groups is 2. The number of nitrogens with zero attached hydrogens (tertiary/aromatic N) is 3. The molecule has 1 saturated heterocycles. The first-order valence-electron chi connectivity index (χ1n) is 13.4. The third-order valence-corrected chi connectivity index (χ3v) is 9.31. The van der Waals surface area contributed by atoms with Gasteiger partial charge in [-0.15, -0.1) is 0 Å². The van der Waals surface area contributed by atoms with E-state index in [0.717, 1.165) is 28.5 Å². The topological polar surface area (TPSA) is 122 Å². The van der Waals surface area contributed by atoms with Crippen molar-refractivity contribution in [2.24, 2.45) is 0 Å². The molecule has 0 bridgehead atoms. The quantitative estimate of drug-likeness (QED) is 0.387. The van der Waals surface area contributed by atoms with Crippen molar-refractivity contribution in [3.63, 3.8) is 0 Å². The van der Waals surface area contributed by atoms with Gasteiger partial charge >= 0.3 is 5.97 Å². The number of hydrogen-bond acceptors (Lipinski definition) is 7. The number of carbonyl (C=O) groups is 2. The van der Waals surface area contributed by atoms with Gasteiger partial charge in [-0.05, 0) is 55.4 Å². The molecule has 0 radical (unpaired) electrons. The van der Waals surface area contributed by atoms with Crippen LogP contribution in [-0.4, -0.2) is 55.7 Å². The summed E-state index contributed by atoms with van der Waals surface area (Å²) in [5, 5.41) is 21.7. The standard InChI is InChI=1S/C29H28FN3O6/c1-3-29(38)19-8-22-25-17(10-33(22)27(36)18(19)12-39-28(29)37)23-16(26(35)32-7-6-14(32)11-34)5-4-15-13(2)20(30)9-21(31-25)24(15)23/h8-9,14,16,34,38H,3-7,10-12H2,1-2H3/t14?,16?,29-/m0/s1. The first kappa shape index (κ1) is 24.4. The van der Waals surface area contributed by atoms with Crippen LogP contribution in [0.2, 0.25) is 0 Å². The van der Waals surface area contributed by atoms with Crippen molar-refractivity contribution >= 4 is 22.8 Å². The lowest BCUT2D eigenvalue weighted by atomic mass is 9.77. The van der Waals surface area contributed by atoms with Crippen molar-refractivity contribution in [1.82, 2.24) is 14.5 Å². The van der Waals surface area contributed by atoms with E-state index in [0.29, 0.717) is 41.9 Å². The number of aryl methyl sites for hydroxylation is 1. The van der Waals surface area contributed by atoms with Gasteiger partial charge in [0, 0.05) is 29.1 Å². The van der Waals surface area contributed by atoms with Crippen molar-refractivity contribution in [1.29, 1.82) is 0 Å². The molecule has 10 heteroatoms. The van der Waals surface area contributed by atoms with Crippen LogP contribution in [0.3, 0.4) is 0 Å². The second-order valence-corrected chi connectivity index (χ2v) is 11.1. The maximum Gasteiger partial charge on any atom is 0.343 e. The average molecular weight is 534 g/mol. The van der Waals surface area contributed by atoms with E-state index in [9.17, 15) is 24.6 Å². The number of rotatable bonds is 3. The number of esters is 1. The summed E-state index contributed by atoms with van der Waals surface area (Å²) >= 11 is 0. The summed E-state index contributed by atoms with van der Waals surface area (Å²) < 4.78 is 21.8. The van der Waals surface area contributed by atoms with Gasteiger partial charge in [-0.2, -0.15) is 0 Å². The van der Waals surface area contributed by atoms with Gasteiger partial charge < -0.3 is 24.4 Å². The molecule has 2 aromatic heterocycles. The van der Waals surface area contributed by atoms with Crippen LogP contribution >= 0.6 is 0 Å². The number of halogens is 1. The molecular formula is C29H28FN3O6. The molecule has 2 unspecified atom stereocenters. The lowest BCUT2D eigenvalue weighted by Crippen LogP contribution is -2.54. The van der Waals surface area contributed by atoms with E-state index in [-0.39, 0.29) is 60.6 Å². The number of pyridine rings is 2. The molecule has 7 rings (SSSR count). The van der Waals surface area contributed by atoms with E-state index >= 15 is 4.39 Å². The Hall–Kier alpha value is -3.63. The fraction of sp³-hybridized carbons (Fsp3) is 0.448. The Kier molecular flexibility index (Phi) is 5.13. The fourth-order valence-electron chi connectivity index (χ4n) is 6.92. The Morgan fingerprint density at radius 1 is 1.23 bits per heavy atom. The molecule has 39 heavy (non-hydrogen) atoms. The first-order chi connectivity index (χ1) is 18.7. The number of ether oxygens (including phenoxy) is 1. The molecule has 3 aromatic rings. The van der Waals surface area contributed by atoms with Crippen molar-refractivity contribution in [2.45, 2.75) is 70.2 Å². The summed E-state index contributed by atoms with van der Waals surface area (Å²) in [5.74, 6) is -1.78. The summed E-state index contributed by atoms with van der Waals surface area (Å²) in [6, 6.07) is 2.79. The minimum atomic E-state index is -1.96. The summed E-state index contributed by atoms with van der Waals surface area (Å²) in [5.41, 5.74) is 2.19. The van der Waals surface area contributed by atoms with Crippen LogP contribution in [0.5, 0.6) is 0 Å². The van der Waals surface area contributed by atoms with E-state index in [2.05, 4.69) is 0 Å². The van der Waals surface area contributed by atoms with Crippen LogP contribution in [0.1, 0.15) is 65.5 Å². The van der Waals surface area contributed by atoms with Gasteiger partial charge in [0.05, 0.1) is 47.6 Å². The minimum absolute atomic E-state index is 0.0251. The fourth-order valence-corrected chi connectivity index (χ4v) is 6.92. The van der Waals surface area contributed by atoms with E-state index in [1.54, 1.807) is 29.4 Å². The number of aromatic nitrogens is 2. The normalized spacial score (nSPS) is 24.6. The molecule has 4 aliphatic rings. The van der Waals surface area contributed by atoms with Crippen LogP contribution in [0, 0.1) is 12.7 Å². The number of benzene rings is 1. The van der Waals surface area contributed by atoms with Crippen LogP contribution < -0.4 is 5.56 Å². The lowest BCUT2D eigenvalue weighted by Gasteiger charge is -2.43. The maximum absolute atomic E-state index is 15.0. The number of carbonyl (C=O) groups excluding carboxylic acids is 2. The molecule has 0 saturated carbocycles. The Morgan fingerprint density at radius 3 is 2.72 bits per heavy atom. The van der Waals surface area contributed by atoms with Gasteiger partial charge in [0.2, 0.25) is 5.91 Å². The number of aliphatic hydroxyl groups excluding tert-OH is 1. The molecule has 1 amide bonds. The Labute approximate surface area is 222 Å². The van der Waals surface area contributed by atoms with Crippen molar-refractivity contribution < 1.29 is 28.9 Å². The molecule has 3 atom stereocenters. The van der Waals surface area contributed by atoms with Gasteiger partial charge in [0.25, 0.3) is 5.56 Å². The predicted octanol–water partition coefficient (Wildman–Crippen LogP) is 2.15. The smallest absolute Gasteiger partial charge is 0.343 e. The van der Waals surface area contributed by atoms with Crippen LogP contribution in [-0.2, 0) is 39.5 Å². The summed E-state index contributed by atoms with van der Waals surface area (Å²) in [7, 11) is 0. The van der Waals surface area contributed by atoms with Gasteiger partial charge in [0.15, 0.2) is 5.60 Å². The SMILES string of the molecule is CC[C@@]1(O)C(=O)OCc2c1cc1n(c2=O)Cc2c-1nc1cc(F)c(C)c3c1c2C(C(=O)N1CCC1CO)CC3. The predicted molar refractivity (Wildman–Crippen MR) is 137 cm³/mol. The van der Waals surface area contributed by atoms with Gasteiger partial charge in [-0.1, -0.05) is 6.92 Å². The van der Waals surface area contributed by atoms with Crippen LogP contribution in [0.4, 0.5) is 4.39 Å². The monoisotopic (exact) mass is 533 g/mol. The Balaban J connectivity index is 1.50. The summed E-state index contributed by atoms with van der Waals surface area (Å²) in [6.45, 7) is 3.77. The van der Waals surface area contributed by atoms with Crippen molar-refractivity contribution in [3.05, 3.63) is 61.7 Å². The van der Waals surface area contributed by atoms with Gasteiger partial charge in [-0.25, -0.2) is 14.2 Å². The summed E-state index contributed by atoms with van der Waals surface area (Å²) in [6.07, 6.45) is 1.77. The number of hydrogen-bond donors (Lipinski definition) is 2. The minimum Gasteiger partial charge on any atom is -0.458 e. The third-order valence-electron chi connectivity index (χ3n) is 9.31. The molecule has 5 heterocycles. The van der Waals surface area contributed by atoms with Gasteiger partial charge in [-0.3, -0.25) is 9.59 Å². The molecule has 1 aliphatic carbocycles. The molecule has 9 nitrogen and oxygen atoms in total. The van der Waals surface area contributed by atoms with Crippen LogP contribution in [0.25, 0.3) is 22.3 Å². The van der Waals surface area contributed by atoms with E-state index in [1.807, 2.05) is 0 Å². The number of cyclic esters (lactones) is 1. The van der Waals surface area contributed by atoms with E-state index in [1.165, 1.54) is 6.07 Å². The molecule has 3 aliphatic heterocycles. The Morgan fingerprint density at radius 2 is 2.03 bits per heavy atom. The second-order valence-electron chi connectivity index (χ2n) is 11.1. The molecule has 1 aromatic carbocycles. The number of likely N-dealkylation sites (tertiary alicyclic amines) is 1. The largest absolute Gasteiger partial charge is 0.458 e. The zero-order valence-electron chi connectivity index (χ0n) is 21.7. The molecular weight excluding hydrogens is 505 g/mol. The number of fused-ring (bicyclic) bond motifs is 5. The average Bonchev–Trinajstić information content (AvgIpc) is 3.28. The number of amides is 1. The highest BCUT2D eigenvalue weighted by Crippen LogP contribution is 2.47. The Bertz CT molecular complexity index is 1700. The molecule has 1 fully saturated rings. The molecule has 2 N–H and O–H groups in total.